The Bertz CT molecular complexity index is 622. The molecule has 2 N–H and O–H groups in total. The molecule has 1 aromatic carbocycles. The highest BCUT2D eigenvalue weighted by Crippen LogP contribution is 2.44. The first-order valence-corrected chi connectivity index (χ1v) is 6.94. The molecule has 1 atom stereocenters. The van der Waals surface area contributed by atoms with Crippen LogP contribution in [0.25, 0.3) is 0 Å². The van der Waals surface area contributed by atoms with Crippen molar-refractivity contribution in [2.24, 2.45) is 0 Å². The van der Waals surface area contributed by atoms with Crippen LogP contribution in [-0.4, -0.2) is 15.2 Å². The number of nitrogen functional groups attached to an aromatic ring is 1. The first-order valence-electron chi connectivity index (χ1n) is 6.94. The summed E-state index contributed by atoms with van der Waals surface area (Å²) in [7, 11) is 0. The normalized spacial score (nSPS) is 20.8. The SMILES string of the molecule is Cc1c(C)c2c(c(C)c1N)CC(C)(Cn1ccnc1)O2. The van der Waals surface area contributed by atoms with Crippen LogP contribution in [0.4, 0.5) is 5.69 Å². The summed E-state index contributed by atoms with van der Waals surface area (Å²) in [6.07, 6.45) is 6.48. The van der Waals surface area contributed by atoms with E-state index in [4.69, 9.17) is 10.5 Å². The molecule has 0 saturated carbocycles. The number of aromatic nitrogens is 2. The molecule has 0 spiro atoms. The number of anilines is 1. The van der Waals surface area contributed by atoms with Crippen LogP contribution < -0.4 is 10.5 Å². The summed E-state index contributed by atoms with van der Waals surface area (Å²) in [5.74, 6) is 1.02. The van der Waals surface area contributed by atoms with Crippen LogP contribution in [0.2, 0.25) is 0 Å². The summed E-state index contributed by atoms with van der Waals surface area (Å²) >= 11 is 0. The number of nitrogens with zero attached hydrogens (tertiary/aromatic N) is 2. The molecule has 1 aromatic heterocycles. The van der Waals surface area contributed by atoms with Crippen molar-refractivity contribution in [1.29, 1.82) is 0 Å². The molecule has 1 aliphatic heterocycles. The van der Waals surface area contributed by atoms with E-state index in [0.717, 1.165) is 41.1 Å². The molecule has 2 heterocycles. The van der Waals surface area contributed by atoms with Crippen molar-refractivity contribution in [3.63, 3.8) is 0 Å². The lowest BCUT2D eigenvalue weighted by Gasteiger charge is -2.24. The number of ether oxygens (including phenoxy) is 1. The minimum Gasteiger partial charge on any atom is -0.485 e. The number of hydrogen-bond donors (Lipinski definition) is 1. The number of hydrogen-bond acceptors (Lipinski definition) is 3. The van der Waals surface area contributed by atoms with Crippen LogP contribution in [-0.2, 0) is 13.0 Å². The van der Waals surface area contributed by atoms with Gasteiger partial charge < -0.3 is 15.0 Å². The van der Waals surface area contributed by atoms with Crippen LogP contribution in [0.5, 0.6) is 5.75 Å². The van der Waals surface area contributed by atoms with Gasteiger partial charge in [0.1, 0.15) is 11.4 Å². The quantitative estimate of drug-likeness (QED) is 0.854. The van der Waals surface area contributed by atoms with E-state index in [1.165, 1.54) is 5.56 Å². The van der Waals surface area contributed by atoms with Gasteiger partial charge in [-0.05, 0) is 44.4 Å². The molecule has 106 valence electrons. The van der Waals surface area contributed by atoms with E-state index >= 15 is 0 Å². The first kappa shape index (κ1) is 13.0. The Morgan fingerprint density at radius 1 is 1.30 bits per heavy atom. The number of fused-ring (bicyclic) bond motifs is 1. The fourth-order valence-electron chi connectivity index (χ4n) is 3.07. The van der Waals surface area contributed by atoms with Crippen molar-refractivity contribution < 1.29 is 4.74 Å². The molecule has 2 aromatic rings. The zero-order chi connectivity index (χ0) is 14.5. The van der Waals surface area contributed by atoms with Crippen molar-refractivity contribution in [3.8, 4) is 5.75 Å². The van der Waals surface area contributed by atoms with Crippen LogP contribution in [0.15, 0.2) is 18.7 Å². The van der Waals surface area contributed by atoms with Gasteiger partial charge in [0.05, 0.1) is 12.9 Å². The Labute approximate surface area is 119 Å². The fourth-order valence-corrected chi connectivity index (χ4v) is 3.07. The summed E-state index contributed by atoms with van der Waals surface area (Å²) in [6.45, 7) is 9.18. The van der Waals surface area contributed by atoms with E-state index in [0.29, 0.717) is 0 Å². The van der Waals surface area contributed by atoms with Gasteiger partial charge in [0, 0.05) is 30.1 Å². The molecule has 0 saturated heterocycles. The average Bonchev–Trinajstić information content (AvgIpc) is 3.02. The minimum absolute atomic E-state index is 0.237. The van der Waals surface area contributed by atoms with Crippen LogP contribution in [0, 0.1) is 20.8 Å². The van der Waals surface area contributed by atoms with E-state index in [1.54, 1.807) is 6.20 Å². The third kappa shape index (κ3) is 1.87. The molecule has 1 unspecified atom stereocenters. The molecule has 0 amide bonds. The van der Waals surface area contributed by atoms with Gasteiger partial charge in [-0.1, -0.05) is 0 Å². The largest absolute Gasteiger partial charge is 0.485 e. The lowest BCUT2D eigenvalue weighted by Crippen LogP contribution is -2.35. The molecular formula is C16H21N3O. The van der Waals surface area contributed by atoms with Gasteiger partial charge in [-0.25, -0.2) is 4.98 Å². The van der Waals surface area contributed by atoms with Crippen LogP contribution in [0.3, 0.4) is 0 Å². The van der Waals surface area contributed by atoms with Gasteiger partial charge in [-0.15, -0.1) is 0 Å². The monoisotopic (exact) mass is 271 g/mol. The van der Waals surface area contributed by atoms with E-state index in [1.807, 2.05) is 12.5 Å². The molecule has 4 heteroatoms. The van der Waals surface area contributed by atoms with Gasteiger partial charge in [0.15, 0.2) is 0 Å². The maximum Gasteiger partial charge on any atom is 0.128 e. The standard InChI is InChI=1S/C16H21N3O/c1-10-11(2)15-13(12(3)14(10)17)7-16(4,20-15)8-19-6-5-18-9-19/h5-6,9H,7-8,17H2,1-4H3. The van der Waals surface area contributed by atoms with Crippen molar-refractivity contribution in [2.75, 3.05) is 5.73 Å². The zero-order valence-electron chi connectivity index (χ0n) is 12.5. The Morgan fingerprint density at radius 2 is 2.05 bits per heavy atom. The Balaban J connectivity index is 2.00. The van der Waals surface area contributed by atoms with Gasteiger partial charge >= 0.3 is 0 Å². The lowest BCUT2D eigenvalue weighted by molar-refractivity contribution is 0.0943. The van der Waals surface area contributed by atoms with Crippen LogP contribution >= 0.6 is 0 Å². The summed E-state index contributed by atoms with van der Waals surface area (Å²) in [4.78, 5) is 4.10. The smallest absolute Gasteiger partial charge is 0.128 e. The van der Waals surface area contributed by atoms with Gasteiger partial charge in [0.2, 0.25) is 0 Å². The third-order valence-corrected chi connectivity index (χ3v) is 4.41. The Kier molecular flexibility index (Phi) is 2.78. The highest BCUT2D eigenvalue weighted by Gasteiger charge is 2.38. The topological polar surface area (TPSA) is 53.1 Å². The maximum atomic E-state index is 6.31. The lowest BCUT2D eigenvalue weighted by atomic mass is 9.92. The highest BCUT2D eigenvalue weighted by molar-refractivity contribution is 5.66. The summed E-state index contributed by atoms with van der Waals surface area (Å²) < 4.78 is 8.37. The van der Waals surface area contributed by atoms with Crippen molar-refractivity contribution in [2.45, 2.75) is 46.3 Å². The van der Waals surface area contributed by atoms with Crippen molar-refractivity contribution in [1.82, 2.24) is 9.55 Å². The predicted molar refractivity (Wildman–Crippen MR) is 80.0 cm³/mol. The second-order valence-electron chi connectivity index (χ2n) is 6.06. The molecule has 1 aliphatic rings. The maximum absolute atomic E-state index is 6.31. The second-order valence-corrected chi connectivity index (χ2v) is 6.06. The summed E-state index contributed by atoms with van der Waals surface area (Å²) in [5, 5.41) is 0. The third-order valence-electron chi connectivity index (χ3n) is 4.41. The average molecular weight is 271 g/mol. The number of imidazole rings is 1. The van der Waals surface area contributed by atoms with Crippen molar-refractivity contribution >= 4 is 5.69 Å². The van der Waals surface area contributed by atoms with Gasteiger partial charge in [0.25, 0.3) is 0 Å². The summed E-state index contributed by atoms with van der Waals surface area (Å²) in [6, 6.07) is 0. The van der Waals surface area contributed by atoms with Crippen molar-refractivity contribution in [3.05, 3.63) is 41.0 Å². The number of rotatable bonds is 2. The number of benzene rings is 1. The molecule has 20 heavy (non-hydrogen) atoms. The molecule has 0 radical (unpaired) electrons. The number of nitrogens with two attached hydrogens (primary N) is 1. The summed E-state index contributed by atoms with van der Waals surface area (Å²) in [5.41, 5.74) is 11.6. The van der Waals surface area contributed by atoms with E-state index < -0.39 is 0 Å². The van der Waals surface area contributed by atoms with Gasteiger partial charge in [-0.2, -0.15) is 0 Å². The van der Waals surface area contributed by atoms with E-state index in [-0.39, 0.29) is 5.60 Å². The zero-order valence-corrected chi connectivity index (χ0v) is 12.5. The first-order chi connectivity index (χ1) is 9.41. The molecule has 4 nitrogen and oxygen atoms in total. The fraction of sp³-hybridized carbons (Fsp3) is 0.438. The molecule has 0 aliphatic carbocycles. The van der Waals surface area contributed by atoms with Gasteiger partial charge in [-0.3, -0.25) is 0 Å². The van der Waals surface area contributed by atoms with E-state index in [9.17, 15) is 0 Å². The Hall–Kier alpha value is -1.97. The molecular weight excluding hydrogens is 250 g/mol. The van der Waals surface area contributed by atoms with E-state index in [2.05, 4.69) is 37.2 Å². The Morgan fingerprint density at radius 3 is 2.70 bits per heavy atom. The van der Waals surface area contributed by atoms with Crippen LogP contribution in [0.1, 0.15) is 29.2 Å². The highest BCUT2D eigenvalue weighted by atomic mass is 16.5. The minimum atomic E-state index is -0.237. The molecule has 0 fully saturated rings. The predicted octanol–water partition coefficient (Wildman–Crippen LogP) is 2.78. The molecule has 3 rings (SSSR count). The molecule has 0 bridgehead atoms. The second kappa shape index (κ2) is 4.27.